The lowest BCUT2D eigenvalue weighted by Crippen LogP contribution is -2.58. The number of amides is 2. The standard InChI is InChI=1S/C20H23FN4O2/c1-13-17-4-2-3-5-18(17)24-19(23-13)10-22-20(26)25-11-16(12-25)27-15-8-6-14(21)7-9-15/h6-9,16H,2-5,10-12H2,1H3,(H,22,26). The molecule has 1 fully saturated rings. The van der Waals surface area contributed by atoms with E-state index >= 15 is 0 Å². The molecule has 7 heteroatoms. The molecule has 2 amide bonds. The number of aromatic nitrogens is 2. The number of rotatable bonds is 4. The highest BCUT2D eigenvalue weighted by molar-refractivity contribution is 5.75. The first-order valence-corrected chi connectivity index (χ1v) is 9.39. The molecule has 27 heavy (non-hydrogen) atoms. The Labute approximate surface area is 157 Å². The number of benzene rings is 1. The summed E-state index contributed by atoms with van der Waals surface area (Å²) in [4.78, 5) is 23.1. The van der Waals surface area contributed by atoms with Gasteiger partial charge in [0.05, 0.1) is 19.6 Å². The molecule has 6 nitrogen and oxygen atoms in total. The van der Waals surface area contributed by atoms with Crippen LogP contribution in [0.3, 0.4) is 0 Å². The molecular weight excluding hydrogens is 347 g/mol. The van der Waals surface area contributed by atoms with E-state index in [9.17, 15) is 9.18 Å². The van der Waals surface area contributed by atoms with Crippen LogP contribution in [0.15, 0.2) is 24.3 Å². The number of carbonyl (C=O) groups is 1. The third kappa shape index (κ3) is 4.02. The van der Waals surface area contributed by atoms with Crippen molar-refractivity contribution in [2.24, 2.45) is 0 Å². The van der Waals surface area contributed by atoms with Gasteiger partial charge in [0.15, 0.2) is 0 Å². The van der Waals surface area contributed by atoms with Gasteiger partial charge in [-0.15, -0.1) is 0 Å². The molecule has 4 rings (SSSR count). The van der Waals surface area contributed by atoms with Gasteiger partial charge in [0, 0.05) is 11.4 Å². The second-order valence-corrected chi connectivity index (χ2v) is 7.12. The van der Waals surface area contributed by atoms with Crippen molar-refractivity contribution in [3.05, 3.63) is 52.9 Å². The summed E-state index contributed by atoms with van der Waals surface area (Å²) in [7, 11) is 0. The number of hydrogen-bond acceptors (Lipinski definition) is 4. The van der Waals surface area contributed by atoms with Gasteiger partial charge in [0.25, 0.3) is 0 Å². The third-order valence-corrected chi connectivity index (χ3v) is 5.09. The minimum Gasteiger partial charge on any atom is -0.487 e. The van der Waals surface area contributed by atoms with Gasteiger partial charge in [-0.1, -0.05) is 0 Å². The fourth-order valence-electron chi connectivity index (χ4n) is 3.57. The molecule has 2 aromatic rings. The van der Waals surface area contributed by atoms with Crippen LogP contribution in [0.25, 0.3) is 0 Å². The van der Waals surface area contributed by atoms with Gasteiger partial charge < -0.3 is 15.0 Å². The van der Waals surface area contributed by atoms with Crippen LogP contribution in [0.1, 0.15) is 35.6 Å². The number of hydrogen-bond donors (Lipinski definition) is 1. The monoisotopic (exact) mass is 370 g/mol. The highest BCUT2D eigenvalue weighted by Crippen LogP contribution is 2.22. The van der Waals surface area contributed by atoms with Gasteiger partial charge in [-0.25, -0.2) is 19.2 Å². The average Bonchev–Trinajstić information content (AvgIpc) is 2.64. The maximum absolute atomic E-state index is 12.9. The first-order valence-electron chi connectivity index (χ1n) is 9.39. The fraction of sp³-hybridized carbons (Fsp3) is 0.450. The van der Waals surface area contributed by atoms with Crippen molar-refractivity contribution in [1.82, 2.24) is 20.2 Å². The van der Waals surface area contributed by atoms with Crippen molar-refractivity contribution in [1.29, 1.82) is 0 Å². The van der Waals surface area contributed by atoms with Crippen molar-refractivity contribution < 1.29 is 13.9 Å². The van der Waals surface area contributed by atoms with Crippen LogP contribution in [0.4, 0.5) is 9.18 Å². The van der Waals surface area contributed by atoms with Gasteiger partial charge in [-0.05, 0) is 62.4 Å². The van der Waals surface area contributed by atoms with Gasteiger partial charge in [0.1, 0.15) is 23.5 Å². The molecule has 0 bridgehead atoms. The zero-order valence-electron chi connectivity index (χ0n) is 15.4. The Morgan fingerprint density at radius 1 is 1.22 bits per heavy atom. The average molecular weight is 370 g/mol. The van der Waals surface area contributed by atoms with Crippen molar-refractivity contribution >= 4 is 6.03 Å². The Morgan fingerprint density at radius 3 is 2.74 bits per heavy atom. The summed E-state index contributed by atoms with van der Waals surface area (Å²) in [6, 6.07) is 5.76. The Bertz CT molecular complexity index is 835. The van der Waals surface area contributed by atoms with Crippen LogP contribution >= 0.6 is 0 Å². The molecular formula is C20H23FN4O2. The Balaban J connectivity index is 1.26. The number of likely N-dealkylation sites (tertiary alicyclic amines) is 1. The molecule has 1 aliphatic heterocycles. The summed E-state index contributed by atoms with van der Waals surface area (Å²) in [5.74, 6) is 0.983. The van der Waals surface area contributed by atoms with Gasteiger partial charge in [0.2, 0.25) is 0 Å². The van der Waals surface area contributed by atoms with Gasteiger partial charge in [-0.3, -0.25) is 0 Å². The summed E-state index contributed by atoms with van der Waals surface area (Å²) in [6.07, 6.45) is 4.34. The molecule has 2 aliphatic rings. The quantitative estimate of drug-likeness (QED) is 0.899. The zero-order chi connectivity index (χ0) is 18.8. The van der Waals surface area contributed by atoms with E-state index in [1.807, 2.05) is 6.92 Å². The molecule has 0 radical (unpaired) electrons. The van der Waals surface area contributed by atoms with Crippen molar-refractivity contribution in [3.8, 4) is 5.75 Å². The Hall–Kier alpha value is -2.70. The molecule has 1 N–H and O–H groups in total. The van der Waals surface area contributed by atoms with Crippen LogP contribution in [-0.2, 0) is 19.4 Å². The SMILES string of the molecule is Cc1nc(CNC(=O)N2CC(Oc3ccc(F)cc3)C2)nc2c1CCCC2. The maximum atomic E-state index is 12.9. The molecule has 0 spiro atoms. The summed E-state index contributed by atoms with van der Waals surface area (Å²) in [5.41, 5.74) is 3.44. The maximum Gasteiger partial charge on any atom is 0.318 e. The lowest BCUT2D eigenvalue weighted by atomic mass is 9.95. The number of aryl methyl sites for hydroxylation is 2. The second-order valence-electron chi connectivity index (χ2n) is 7.12. The number of carbonyl (C=O) groups excluding carboxylic acids is 1. The van der Waals surface area contributed by atoms with E-state index in [1.54, 1.807) is 17.0 Å². The van der Waals surface area contributed by atoms with E-state index in [4.69, 9.17) is 4.74 Å². The van der Waals surface area contributed by atoms with Crippen molar-refractivity contribution in [3.63, 3.8) is 0 Å². The number of nitrogens with zero attached hydrogens (tertiary/aromatic N) is 3. The molecule has 0 unspecified atom stereocenters. The first kappa shape index (κ1) is 17.7. The molecule has 1 aliphatic carbocycles. The predicted octanol–water partition coefficient (Wildman–Crippen LogP) is 2.78. The minimum atomic E-state index is -0.295. The predicted molar refractivity (Wildman–Crippen MR) is 98.0 cm³/mol. The molecule has 0 atom stereocenters. The van der Waals surface area contributed by atoms with E-state index in [0.29, 0.717) is 31.2 Å². The number of nitrogens with one attached hydrogen (secondary N) is 1. The summed E-state index contributed by atoms with van der Waals surface area (Å²) in [6.45, 7) is 3.36. The van der Waals surface area contributed by atoms with Gasteiger partial charge in [-0.2, -0.15) is 0 Å². The number of urea groups is 1. The summed E-state index contributed by atoms with van der Waals surface area (Å²) < 4.78 is 18.6. The third-order valence-electron chi connectivity index (χ3n) is 5.09. The van der Waals surface area contributed by atoms with Crippen LogP contribution in [0.5, 0.6) is 5.75 Å². The van der Waals surface area contributed by atoms with E-state index in [0.717, 1.165) is 24.2 Å². The highest BCUT2D eigenvalue weighted by atomic mass is 19.1. The van der Waals surface area contributed by atoms with Crippen LogP contribution in [0.2, 0.25) is 0 Å². The van der Waals surface area contributed by atoms with Crippen LogP contribution in [-0.4, -0.2) is 40.1 Å². The molecule has 1 aromatic heterocycles. The normalized spacial score (nSPS) is 16.4. The van der Waals surface area contributed by atoms with Crippen molar-refractivity contribution in [2.75, 3.05) is 13.1 Å². The number of halogens is 1. The molecule has 142 valence electrons. The summed E-state index contributed by atoms with van der Waals surface area (Å²) in [5, 5.41) is 2.88. The lowest BCUT2D eigenvalue weighted by Gasteiger charge is -2.38. The van der Waals surface area contributed by atoms with E-state index in [2.05, 4.69) is 15.3 Å². The molecule has 1 saturated heterocycles. The Kier molecular flexibility index (Phi) is 4.92. The fourth-order valence-corrected chi connectivity index (χ4v) is 3.57. The largest absolute Gasteiger partial charge is 0.487 e. The minimum absolute atomic E-state index is 0.0662. The molecule has 2 heterocycles. The van der Waals surface area contributed by atoms with E-state index < -0.39 is 0 Å². The Morgan fingerprint density at radius 2 is 1.96 bits per heavy atom. The van der Waals surface area contributed by atoms with Gasteiger partial charge >= 0.3 is 6.03 Å². The molecule has 1 aromatic carbocycles. The van der Waals surface area contributed by atoms with E-state index in [-0.39, 0.29) is 18.0 Å². The van der Waals surface area contributed by atoms with Crippen LogP contribution < -0.4 is 10.1 Å². The smallest absolute Gasteiger partial charge is 0.318 e. The first-order chi connectivity index (χ1) is 13.1. The highest BCUT2D eigenvalue weighted by Gasteiger charge is 2.32. The number of fused-ring (bicyclic) bond motifs is 1. The van der Waals surface area contributed by atoms with Crippen molar-refractivity contribution in [2.45, 2.75) is 45.3 Å². The topological polar surface area (TPSA) is 67.4 Å². The number of ether oxygens (including phenoxy) is 1. The summed E-state index contributed by atoms with van der Waals surface area (Å²) >= 11 is 0. The molecule has 0 saturated carbocycles. The second kappa shape index (κ2) is 7.50. The van der Waals surface area contributed by atoms with E-state index in [1.165, 1.54) is 30.5 Å². The lowest BCUT2D eigenvalue weighted by molar-refractivity contribution is 0.0442. The zero-order valence-corrected chi connectivity index (χ0v) is 15.4. The van der Waals surface area contributed by atoms with Crippen LogP contribution in [0, 0.1) is 12.7 Å².